The Labute approximate surface area is 320 Å². The summed E-state index contributed by atoms with van der Waals surface area (Å²) in [5, 5.41) is 15.5. The van der Waals surface area contributed by atoms with Gasteiger partial charge in [0, 0.05) is 85.0 Å². The third-order valence-corrected chi connectivity index (χ3v) is 10.9. The molecule has 11 heteroatoms. The minimum Gasteiger partial charge on any atom is -0.370 e. The largest absolute Gasteiger partial charge is 0.370 e. The molecule has 1 unspecified atom stereocenters. The van der Waals surface area contributed by atoms with Crippen LogP contribution in [-0.4, -0.2) is 46.6 Å². The fourth-order valence-electron chi connectivity index (χ4n) is 7.16. The SMILES string of the molecule is C=C/C=C(\C(C)NCc1ccc(NSC2=CCCC=C2)c([N+](=O)[O-])c1)N1CCN(c2cc(F)cc(-c3c(C=C)c(C)n(C)c3-c3ccc(F)cc3)c2)CC1. The first-order valence-corrected chi connectivity index (χ1v) is 18.9. The molecule has 6 rings (SSSR count). The van der Waals surface area contributed by atoms with E-state index in [1.807, 2.05) is 42.8 Å². The molecule has 1 atom stereocenters. The summed E-state index contributed by atoms with van der Waals surface area (Å²) in [5.41, 5.74) is 8.33. The number of halogens is 2. The molecule has 3 aromatic carbocycles. The molecule has 1 fully saturated rings. The lowest BCUT2D eigenvalue weighted by Crippen LogP contribution is -2.49. The topological polar surface area (TPSA) is 78.6 Å². The molecular formula is C43H46F2N6O2S. The standard InChI is InChI=1S/C43H46F2N6O2S/c1-6-11-40(29(3)46-28-31-14-19-39(41(24-31)51(52)53)47-54-37-12-9-8-10-13-37)50-22-20-49(21-23-50)36-26-33(25-35(45)27-36)42-38(7-2)30(4)48(5)43(42)32-15-17-34(44)18-16-32/h6-7,9,11-19,24-27,29,46-47H,1-2,8,10,20-23,28H2,3-5H3/b40-11+. The van der Waals surface area contributed by atoms with Crippen molar-refractivity contribution in [1.29, 1.82) is 0 Å². The molecule has 54 heavy (non-hydrogen) atoms. The van der Waals surface area contributed by atoms with Gasteiger partial charge in [-0.2, -0.15) is 0 Å². The molecule has 4 aromatic rings. The van der Waals surface area contributed by atoms with E-state index in [9.17, 15) is 14.5 Å². The van der Waals surface area contributed by atoms with Crippen LogP contribution in [-0.2, 0) is 13.6 Å². The van der Waals surface area contributed by atoms with Crippen LogP contribution in [0.1, 0.15) is 36.6 Å². The van der Waals surface area contributed by atoms with Crippen LogP contribution in [0.4, 0.5) is 25.8 Å². The number of anilines is 2. The summed E-state index contributed by atoms with van der Waals surface area (Å²) in [7, 11) is 1.96. The van der Waals surface area contributed by atoms with E-state index in [0.717, 1.165) is 68.3 Å². The zero-order valence-electron chi connectivity index (χ0n) is 30.9. The van der Waals surface area contributed by atoms with E-state index in [1.165, 1.54) is 24.1 Å². The Morgan fingerprint density at radius 3 is 2.43 bits per heavy atom. The van der Waals surface area contributed by atoms with Crippen molar-refractivity contribution in [3.63, 3.8) is 0 Å². The summed E-state index contributed by atoms with van der Waals surface area (Å²) in [6, 6.07) is 16.7. The molecule has 1 aliphatic heterocycles. The molecule has 2 heterocycles. The normalized spacial score (nSPS) is 15.2. The van der Waals surface area contributed by atoms with E-state index in [1.54, 1.807) is 48.6 Å². The van der Waals surface area contributed by atoms with Gasteiger partial charge in [-0.3, -0.25) is 10.1 Å². The Bertz CT molecular complexity index is 2130. The molecule has 0 amide bonds. The Morgan fingerprint density at radius 1 is 1.00 bits per heavy atom. The summed E-state index contributed by atoms with van der Waals surface area (Å²) in [4.78, 5) is 17.2. The van der Waals surface area contributed by atoms with Crippen LogP contribution in [0.5, 0.6) is 0 Å². The molecule has 1 aromatic heterocycles. The molecular weight excluding hydrogens is 703 g/mol. The second kappa shape index (κ2) is 17.2. The Balaban J connectivity index is 1.14. The zero-order valence-corrected chi connectivity index (χ0v) is 31.8. The number of benzene rings is 3. The smallest absolute Gasteiger partial charge is 0.293 e. The monoisotopic (exact) mass is 748 g/mol. The third kappa shape index (κ3) is 8.53. The number of allylic oxidation sites excluding steroid dienone is 5. The average Bonchev–Trinajstić information content (AvgIpc) is 3.44. The highest BCUT2D eigenvalue weighted by Gasteiger charge is 2.25. The molecule has 2 aliphatic rings. The number of hydrogen-bond donors (Lipinski definition) is 2. The predicted molar refractivity (Wildman–Crippen MR) is 220 cm³/mol. The second-order valence-electron chi connectivity index (χ2n) is 13.5. The Kier molecular flexibility index (Phi) is 12.2. The van der Waals surface area contributed by atoms with E-state index in [-0.39, 0.29) is 28.3 Å². The van der Waals surface area contributed by atoms with Crippen molar-refractivity contribution >= 4 is 35.1 Å². The van der Waals surface area contributed by atoms with Crippen LogP contribution < -0.4 is 14.9 Å². The van der Waals surface area contributed by atoms with Gasteiger partial charge >= 0.3 is 0 Å². The van der Waals surface area contributed by atoms with Crippen molar-refractivity contribution in [3.05, 3.63) is 153 Å². The van der Waals surface area contributed by atoms with E-state index >= 15 is 4.39 Å². The predicted octanol–water partition coefficient (Wildman–Crippen LogP) is 10.2. The van der Waals surface area contributed by atoms with E-state index in [2.05, 4.69) is 52.1 Å². The minimum atomic E-state index is -0.352. The van der Waals surface area contributed by atoms with Crippen molar-refractivity contribution in [2.45, 2.75) is 39.3 Å². The van der Waals surface area contributed by atoms with Gasteiger partial charge in [0.15, 0.2) is 0 Å². The highest BCUT2D eigenvalue weighted by atomic mass is 32.2. The van der Waals surface area contributed by atoms with Crippen molar-refractivity contribution in [3.8, 4) is 22.4 Å². The summed E-state index contributed by atoms with van der Waals surface area (Å²) in [6.07, 6.45) is 13.8. The maximum absolute atomic E-state index is 15.4. The second-order valence-corrected chi connectivity index (χ2v) is 14.4. The number of nitro groups is 1. The average molecular weight is 749 g/mol. The van der Waals surface area contributed by atoms with E-state index in [0.29, 0.717) is 38.4 Å². The van der Waals surface area contributed by atoms with Crippen molar-refractivity contribution in [2.75, 3.05) is 35.8 Å². The molecule has 0 saturated carbocycles. The van der Waals surface area contributed by atoms with E-state index in [4.69, 9.17) is 0 Å². The van der Waals surface area contributed by atoms with Crippen molar-refractivity contribution in [1.82, 2.24) is 14.8 Å². The van der Waals surface area contributed by atoms with Crippen molar-refractivity contribution < 1.29 is 13.7 Å². The number of nitrogens with zero attached hydrogens (tertiary/aromatic N) is 4. The summed E-state index contributed by atoms with van der Waals surface area (Å²) >= 11 is 1.38. The Hall–Kier alpha value is -5.39. The van der Waals surface area contributed by atoms with Gasteiger partial charge in [0.2, 0.25) is 0 Å². The van der Waals surface area contributed by atoms with Gasteiger partial charge in [0.1, 0.15) is 17.3 Å². The third-order valence-electron chi connectivity index (χ3n) is 10.1. The summed E-state index contributed by atoms with van der Waals surface area (Å²) in [6.45, 7) is 15.3. The van der Waals surface area contributed by atoms with E-state index < -0.39 is 0 Å². The van der Waals surface area contributed by atoms with Gasteiger partial charge in [-0.1, -0.05) is 49.6 Å². The molecule has 0 spiro atoms. The number of nitro benzene ring substituents is 1. The molecule has 1 aliphatic carbocycles. The van der Waals surface area contributed by atoms with Crippen LogP contribution >= 0.6 is 11.9 Å². The van der Waals surface area contributed by atoms with Crippen LogP contribution in [0.3, 0.4) is 0 Å². The molecule has 8 nitrogen and oxygen atoms in total. The lowest BCUT2D eigenvalue weighted by molar-refractivity contribution is -0.383. The van der Waals surface area contributed by atoms with Gasteiger partial charge in [-0.25, -0.2) is 8.78 Å². The minimum absolute atomic E-state index is 0.0307. The van der Waals surface area contributed by atoms with Crippen LogP contribution in [0.2, 0.25) is 0 Å². The highest BCUT2D eigenvalue weighted by Crippen LogP contribution is 2.41. The van der Waals surface area contributed by atoms with Crippen molar-refractivity contribution in [2.24, 2.45) is 7.05 Å². The lowest BCUT2D eigenvalue weighted by atomic mass is 9.96. The molecule has 0 radical (unpaired) electrons. The van der Waals surface area contributed by atoms with Crippen LogP contribution in [0.15, 0.2) is 115 Å². The highest BCUT2D eigenvalue weighted by molar-refractivity contribution is 8.04. The van der Waals surface area contributed by atoms with Gasteiger partial charge in [-0.15, -0.1) is 0 Å². The fourth-order valence-corrected chi connectivity index (χ4v) is 7.93. The molecule has 2 N–H and O–H groups in total. The summed E-state index contributed by atoms with van der Waals surface area (Å²) < 4.78 is 34.5. The van der Waals surface area contributed by atoms with Crippen LogP contribution in [0.25, 0.3) is 28.5 Å². The lowest BCUT2D eigenvalue weighted by Gasteiger charge is -2.40. The van der Waals surface area contributed by atoms with Gasteiger partial charge in [0.05, 0.1) is 10.6 Å². The first-order valence-electron chi connectivity index (χ1n) is 18.1. The number of rotatable bonds is 14. The number of hydrogen-bond acceptors (Lipinski definition) is 7. The van der Waals surface area contributed by atoms with Gasteiger partial charge < -0.3 is 24.4 Å². The fraction of sp³-hybridized carbons (Fsp3) is 0.256. The Morgan fingerprint density at radius 2 is 1.76 bits per heavy atom. The van der Waals surface area contributed by atoms with Gasteiger partial charge in [-0.05, 0) is 110 Å². The molecule has 1 saturated heterocycles. The maximum Gasteiger partial charge on any atom is 0.293 e. The number of nitrogens with one attached hydrogen (secondary N) is 2. The summed E-state index contributed by atoms with van der Waals surface area (Å²) in [5.74, 6) is -0.651. The molecule has 0 bridgehead atoms. The zero-order chi connectivity index (χ0) is 38.4. The molecule has 280 valence electrons. The first kappa shape index (κ1) is 38.3. The number of piperazine rings is 1. The van der Waals surface area contributed by atoms with Gasteiger partial charge in [0.25, 0.3) is 5.69 Å². The first-order chi connectivity index (χ1) is 26.1. The maximum atomic E-state index is 15.4. The number of aromatic nitrogens is 1. The van der Waals surface area contributed by atoms with Crippen LogP contribution in [0, 0.1) is 28.7 Å². The quantitative estimate of drug-likeness (QED) is 0.0575.